The first kappa shape index (κ1) is 68.0. The third-order valence-electron chi connectivity index (χ3n) is 12.9. The van der Waals surface area contributed by atoms with E-state index in [1.807, 2.05) is 21.1 Å². The second-order valence-corrected chi connectivity index (χ2v) is 22.5. The van der Waals surface area contributed by atoms with Crippen LogP contribution in [0.5, 0.6) is 0 Å². The van der Waals surface area contributed by atoms with E-state index in [1.165, 1.54) is 167 Å². The number of esters is 2. The predicted molar refractivity (Wildman–Crippen MR) is 298 cm³/mol. The van der Waals surface area contributed by atoms with Crippen LogP contribution < -0.4 is 0 Å². The van der Waals surface area contributed by atoms with Gasteiger partial charge in [-0.3, -0.25) is 18.6 Å². The van der Waals surface area contributed by atoms with Crippen LogP contribution in [0.2, 0.25) is 0 Å². The van der Waals surface area contributed by atoms with E-state index in [9.17, 15) is 19.0 Å². The molecular formula is C60H113NO8P+. The summed E-state index contributed by atoms with van der Waals surface area (Å²) in [6, 6.07) is 0. The van der Waals surface area contributed by atoms with Crippen molar-refractivity contribution in [2.75, 3.05) is 47.5 Å². The second kappa shape index (κ2) is 51.9. The fourth-order valence-electron chi connectivity index (χ4n) is 8.36. The number of carbonyl (C=O) groups excluding carboxylic acids is 2. The molecular weight excluding hydrogens is 894 g/mol. The summed E-state index contributed by atoms with van der Waals surface area (Å²) in [6.45, 7) is 4.36. The van der Waals surface area contributed by atoms with Crippen molar-refractivity contribution in [2.24, 2.45) is 0 Å². The SMILES string of the molecule is CC/C=C\C/C=C\C/C=C\C/C=C\CCCCCCCCCCCCC(=O)OC(COC(=O)CCCCCCCCCCCCCCCCCCCCCCCCC)COP(=O)(O)OCC[N+](C)(C)C. The Labute approximate surface area is 433 Å². The van der Waals surface area contributed by atoms with E-state index in [-0.39, 0.29) is 25.6 Å². The van der Waals surface area contributed by atoms with E-state index in [2.05, 4.69) is 62.5 Å². The summed E-state index contributed by atoms with van der Waals surface area (Å²) in [5.41, 5.74) is 0. The lowest BCUT2D eigenvalue weighted by molar-refractivity contribution is -0.870. The predicted octanol–water partition coefficient (Wildman–Crippen LogP) is 18.1. The molecule has 0 rings (SSSR count). The highest BCUT2D eigenvalue weighted by Crippen LogP contribution is 2.43. The van der Waals surface area contributed by atoms with E-state index in [0.29, 0.717) is 23.9 Å². The number of hydrogen-bond acceptors (Lipinski definition) is 7. The fraction of sp³-hybridized carbons (Fsp3) is 0.833. The van der Waals surface area contributed by atoms with Crippen LogP contribution in [0.3, 0.4) is 0 Å². The van der Waals surface area contributed by atoms with Crippen molar-refractivity contribution < 1.29 is 42.1 Å². The highest BCUT2D eigenvalue weighted by Gasteiger charge is 2.27. The maximum atomic E-state index is 12.8. The average molecular weight is 1010 g/mol. The van der Waals surface area contributed by atoms with Crippen molar-refractivity contribution in [3.05, 3.63) is 48.6 Å². The molecule has 0 saturated carbocycles. The Kier molecular flexibility index (Phi) is 50.4. The Morgan fingerprint density at radius 1 is 0.457 bits per heavy atom. The average Bonchev–Trinajstić information content (AvgIpc) is 3.32. The quantitative estimate of drug-likeness (QED) is 0.0211. The first-order chi connectivity index (χ1) is 34.0. The van der Waals surface area contributed by atoms with Crippen LogP contribution in [0.4, 0.5) is 0 Å². The largest absolute Gasteiger partial charge is 0.472 e. The maximum absolute atomic E-state index is 12.8. The minimum atomic E-state index is -4.39. The van der Waals surface area contributed by atoms with Gasteiger partial charge in [0, 0.05) is 12.8 Å². The Balaban J connectivity index is 4.14. The van der Waals surface area contributed by atoms with Gasteiger partial charge in [0.2, 0.25) is 0 Å². The molecule has 9 nitrogen and oxygen atoms in total. The Bertz CT molecular complexity index is 1320. The third-order valence-corrected chi connectivity index (χ3v) is 13.9. The topological polar surface area (TPSA) is 108 Å². The molecule has 410 valence electrons. The molecule has 0 aromatic heterocycles. The summed E-state index contributed by atoms with van der Waals surface area (Å²) in [4.78, 5) is 35.7. The summed E-state index contributed by atoms with van der Waals surface area (Å²) in [5.74, 6) is -0.791. The minimum Gasteiger partial charge on any atom is -0.462 e. The van der Waals surface area contributed by atoms with Crippen molar-refractivity contribution in [3.63, 3.8) is 0 Å². The van der Waals surface area contributed by atoms with Gasteiger partial charge in [-0.15, -0.1) is 0 Å². The molecule has 2 atom stereocenters. The first-order valence-corrected chi connectivity index (χ1v) is 30.9. The summed E-state index contributed by atoms with van der Waals surface area (Å²) in [6.07, 6.45) is 64.6. The number of quaternary nitrogens is 1. The van der Waals surface area contributed by atoms with Crippen molar-refractivity contribution in [2.45, 2.75) is 277 Å². The lowest BCUT2D eigenvalue weighted by atomic mass is 10.0. The van der Waals surface area contributed by atoms with Gasteiger partial charge in [-0.2, -0.15) is 0 Å². The lowest BCUT2D eigenvalue weighted by Crippen LogP contribution is -2.37. The number of allylic oxidation sites excluding steroid dienone is 8. The minimum absolute atomic E-state index is 0.0313. The zero-order valence-electron chi connectivity index (χ0n) is 46.5. The van der Waals surface area contributed by atoms with Crippen LogP contribution in [-0.4, -0.2) is 74.9 Å². The monoisotopic (exact) mass is 1010 g/mol. The maximum Gasteiger partial charge on any atom is 0.472 e. The molecule has 0 aliphatic heterocycles. The standard InChI is InChI=1S/C60H112NO8P/c1-6-8-10-12-14-16-18-20-22-24-26-28-30-32-34-36-38-40-42-44-46-48-50-52-59(62)66-56-58(57-68-70(64,65)67-55-54-61(3,4)5)69-60(63)53-51-49-47-45-43-41-39-37-35-33-31-29-27-25-23-21-19-17-15-13-11-9-7-2/h9,11,15,17,21,23,27,29,58H,6-8,10,12-14,16,18-20,22,24-26,28,30-57H2,1-5H3/p+1/b11-9-,17-15-,23-21-,29-27-. The molecule has 0 fully saturated rings. The van der Waals surface area contributed by atoms with Crippen LogP contribution in [0.25, 0.3) is 0 Å². The van der Waals surface area contributed by atoms with Gasteiger partial charge in [0.25, 0.3) is 0 Å². The Morgan fingerprint density at radius 2 is 0.814 bits per heavy atom. The number of hydrogen-bond donors (Lipinski definition) is 1. The number of unbranched alkanes of at least 4 members (excludes halogenated alkanes) is 32. The van der Waals surface area contributed by atoms with Crippen molar-refractivity contribution in [1.29, 1.82) is 0 Å². The third kappa shape index (κ3) is 55.3. The summed E-state index contributed by atoms with van der Waals surface area (Å²) in [7, 11) is 1.48. The molecule has 0 saturated heterocycles. The van der Waals surface area contributed by atoms with Gasteiger partial charge in [0.05, 0.1) is 27.7 Å². The molecule has 0 spiro atoms. The van der Waals surface area contributed by atoms with Gasteiger partial charge in [-0.1, -0.05) is 255 Å². The highest BCUT2D eigenvalue weighted by molar-refractivity contribution is 7.47. The van der Waals surface area contributed by atoms with Crippen LogP contribution >= 0.6 is 7.82 Å². The molecule has 70 heavy (non-hydrogen) atoms. The zero-order chi connectivity index (χ0) is 51.3. The number of phosphoric acid groups is 1. The summed E-state index contributed by atoms with van der Waals surface area (Å²) >= 11 is 0. The van der Waals surface area contributed by atoms with Gasteiger partial charge in [-0.25, -0.2) is 4.57 Å². The fourth-order valence-corrected chi connectivity index (χ4v) is 9.10. The smallest absolute Gasteiger partial charge is 0.462 e. The Hall–Kier alpha value is -2.03. The second-order valence-electron chi connectivity index (χ2n) is 21.0. The molecule has 0 aliphatic rings. The molecule has 0 radical (unpaired) electrons. The van der Waals surface area contributed by atoms with Gasteiger partial charge in [0.1, 0.15) is 19.8 Å². The Morgan fingerprint density at radius 3 is 1.21 bits per heavy atom. The van der Waals surface area contributed by atoms with E-state index in [0.717, 1.165) is 70.6 Å². The molecule has 0 aromatic carbocycles. The number of rotatable bonds is 54. The van der Waals surface area contributed by atoms with E-state index in [4.69, 9.17) is 18.5 Å². The molecule has 1 N–H and O–H groups in total. The molecule has 0 amide bonds. The van der Waals surface area contributed by atoms with Crippen LogP contribution in [0.15, 0.2) is 48.6 Å². The molecule has 2 unspecified atom stereocenters. The van der Waals surface area contributed by atoms with Crippen molar-refractivity contribution in [1.82, 2.24) is 0 Å². The normalized spacial score (nSPS) is 13.6. The van der Waals surface area contributed by atoms with Gasteiger partial charge in [-0.05, 0) is 51.4 Å². The molecule has 0 aromatic rings. The van der Waals surface area contributed by atoms with E-state index in [1.54, 1.807) is 0 Å². The van der Waals surface area contributed by atoms with Gasteiger partial charge in [0.15, 0.2) is 6.10 Å². The van der Waals surface area contributed by atoms with Crippen molar-refractivity contribution in [3.8, 4) is 0 Å². The van der Waals surface area contributed by atoms with E-state index >= 15 is 0 Å². The first-order valence-electron chi connectivity index (χ1n) is 29.4. The zero-order valence-corrected chi connectivity index (χ0v) is 47.4. The number of carbonyl (C=O) groups is 2. The van der Waals surface area contributed by atoms with Crippen LogP contribution in [0.1, 0.15) is 271 Å². The summed E-state index contributed by atoms with van der Waals surface area (Å²) in [5, 5.41) is 0. The number of phosphoric ester groups is 1. The van der Waals surface area contributed by atoms with Crippen LogP contribution in [0, 0.1) is 0 Å². The van der Waals surface area contributed by atoms with Crippen LogP contribution in [-0.2, 0) is 32.7 Å². The number of nitrogens with zero attached hydrogens (tertiary/aromatic N) is 1. The lowest BCUT2D eigenvalue weighted by Gasteiger charge is -2.24. The number of likely N-dealkylation sites (N-methyl/N-ethyl adjacent to an activating group) is 1. The molecule has 0 aliphatic carbocycles. The molecule has 0 bridgehead atoms. The summed E-state index contributed by atoms with van der Waals surface area (Å²) < 4.78 is 34.6. The van der Waals surface area contributed by atoms with E-state index < -0.39 is 26.5 Å². The highest BCUT2D eigenvalue weighted by atomic mass is 31.2. The van der Waals surface area contributed by atoms with Gasteiger partial charge >= 0.3 is 19.8 Å². The van der Waals surface area contributed by atoms with Crippen molar-refractivity contribution >= 4 is 19.8 Å². The number of ether oxygens (including phenoxy) is 2. The van der Waals surface area contributed by atoms with Gasteiger partial charge < -0.3 is 18.9 Å². The molecule has 0 heterocycles. The molecule has 10 heteroatoms.